The maximum absolute atomic E-state index is 11.2. The average Bonchev–Trinajstić information content (AvgIpc) is 3.02. The Bertz CT molecular complexity index is 573. The lowest BCUT2D eigenvalue weighted by Gasteiger charge is -2.11. The van der Waals surface area contributed by atoms with E-state index < -0.39 is 10.0 Å². The molecule has 1 heterocycles. The summed E-state index contributed by atoms with van der Waals surface area (Å²) in [5.74, 6) is 0.279. The molecule has 0 amide bonds. The minimum atomic E-state index is -3.44. The maximum atomic E-state index is 11.2. The number of anilines is 1. The normalized spacial score (nSPS) is 15.1. The maximum Gasteiger partial charge on any atom is 0.231 e. The molecule has 2 rings (SSSR count). The molecule has 90 valence electrons. The van der Waals surface area contributed by atoms with E-state index >= 15 is 0 Å². The fraction of sp³-hybridized carbons (Fsp3) is 0.400. The van der Waals surface area contributed by atoms with Gasteiger partial charge in [0.05, 0.1) is 17.9 Å². The zero-order valence-electron chi connectivity index (χ0n) is 9.17. The van der Waals surface area contributed by atoms with Gasteiger partial charge in [0.15, 0.2) is 11.6 Å². The summed E-state index contributed by atoms with van der Waals surface area (Å²) >= 11 is 0. The highest BCUT2D eigenvalue weighted by Crippen LogP contribution is 2.33. The minimum Gasteiger partial charge on any atom is -0.485 e. The molecule has 0 aliphatic heterocycles. The molecular formula is C10H11N3O3S. The van der Waals surface area contributed by atoms with E-state index in [1.165, 1.54) is 12.3 Å². The van der Waals surface area contributed by atoms with Gasteiger partial charge in [-0.05, 0) is 18.9 Å². The van der Waals surface area contributed by atoms with Crippen molar-refractivity contribution in [3.63, 3.8) is 0 Å². The van der Waals surface area contributed by atoms with E-state index in [1.807, 2.05) is 6.07 Å². The quantitative estimate of drug-likeness (QED) is 0.859. The van der Waals surface area contributed by atoms with Gasteiger partial charge < -0.3 is 4.74 Å². The largest absolute Gasteiger partial charge is 0.485 e. The van der Waals surface area contributed by atoms with Gasteiger partial charge in [0.2, 0.25) is 10.0 Å². The molecule has 1 aliphatic rings. The minimum absolute atomic E-state index is 0.0615. The summed E-state index contributed by atoms with van der Waals surface area (Å²) in [5, 5.41) is 8.94. The van der Waals surface area contributed by atoms with Crippen molar-refractivity contribution >= 4 is 15.8 Å². The Hall–Kier alpha value is -1.81. The van der Waals surface area contributed by atoms with Crippen molar-refractivity contribution in [2.45, 2.75) is 18.9 Å². The highest BCUT2D eigenvalue weighted by Gasteiger charge is 2.27. The van der Waals surface area contributed by atoms with Gasteiger partial charge in [0, 0.05) is 6.20 Å². The van der Waals surface area contributed by atoms with Crippen LogP contribution in [-0.2, 0) is 10.0 Å². The zero-order valence-corrected chi connectivity index (χ0v) is 9.99. The van der Waals surface area contributed by atoms with Crippen LogP contribution in [0.4, 0.5) is 5.82 Å². The number of nitriles is 1. The van der Waals surface area contributed by atoms with Gasteiger partial charge in [0.1, 0.15) is 6.07 Å². The van der Waals surface area contributed by atoms with Crippen LogP contribution in [0.15, 0.2) is 12.3 Å². The van der Waals surface area contributed by atoms with Crippen LogP contribution in [0.5, 0.6) is 5.75 Å². The smallest absolute Gasteiger partial charge is 0.231 e. The standard InChI is InChI=1S/C10H11N3O3S/c1-17(14,15)13-10-9(16-8-2-3-8)7(6-11)4-5-12-10/h4-5,8H,2-3H2,1H3,(H,12,13). The molecular weight excluding hydrogens is 242 g/mol. The Morgan fingerprint density at radius 2 is 2.29 bits per heavy atom. The summed E-state index contributed by atoms with van der Waals surface area (Å²) in [7, 11) is -3.44. The van der Waals surface area contributed by atoms with E-state index in [0.29, 0.717) is 0 Å². The van der Waals surface area contributed by atoms with Gasteiger partial charge in [-0.1, -0.05) is 0 Å². The first kappa shape index (κ1) is 11.7. The molecule has 1 saturated carbocycles. The van der Waals surface area contributed by atoms with Crippen LogP contribution in [0, 0.1) is 11.3 Å². The molecule has 0 atom stereocenters. The lowest BCUT2D eigenvalue weighted by Crippen LogP contribution is -2.13. The summed E-state index contributed by atoms with van der Waals surface area (Å²) in [6.07, 6.45) is 4.28. The van der Waals surface area contributed by atoms with Crippen molar-refractivity contribution < 1.29 is 13.2 Å². The van der Waals surface area contributed by atoms with Crippen molar-refractivity contribution in [3.05, 3.63) is 17.8 Å². The fourth-order valence-corrected chi connectivity index (χ4v) is 1.75. The summed E-state index contributed by atoms with van der Waals surface area (Å²) in [4.78, 5) is 3.89. The van der Waals surface area contributed by atoms with Gasteiger partial charge in [-0.2, -0.15) is 5.26 Å². The third-order valence-corrected chi connectivity index (χ3v) is 2.68. The van der Waals surface area contributed by atoms with Crippen LogP contribution in [-0.4, -0.2) is 25.8 Å². The summed E-state index contributed by atoms with van der Waals surface area (Å²) < 4.78 is 30.1. The molecule has 0 radical (unpaired) electrons. The molecule has 1 N–H and O–H groups in total. The second-order valence-corrected chi connectivity index (χ2v) is 5.59. The highest BCUT2D eigenvalue weighted by molar-refractivity contribution is 7.92. The summed E-state index contributed by atoms with van der Waals surface area (Å²) in [6.45, 7) is 0. The highest BCUT2D eigenvalue weighted by atomic mass is 32.2. The Morgan fingerprint density at radius 3 is 2.82 bits per heavy atom. The molecule has 7 heteroatoms. The van der Waals surface area contributed by atoms with Gasteiger partial charge in [-0.25, -0.2) is 13.4 Å². The zero-order chi connectivity index (χ0) is 12.5. The van der Waals surface area contributed by atoms with Gasteiger partial charge in [0.25, 0.3) is 0 Å². The van der Waals surface area contributed by atoms with Crippen LogP contribution in [0.2, 0.25) is 0 Å². The van der Waals surface area contributed by atoms with E-state index in [4.69, 9.17) is 10.00 Å². The first-order valence-electron chi connectivity index (χ1n) is 5.03. The number of sulfonamides is 1. The number of nitrogens with zero attached hydrogens (tertiary/aromatic N) is 2. The van der Waals surface area contributed by atoms with Crippen LogP contribution in [0.1, 0.15) is 18.4 Å². The molecule has 0 bridgehead atoms. The Morgan fingerprint density at radius 1 is 1.59 bits per heavy atom. The Kier molecular flexibility index (Phi) is 2.90. The SMILES string of the molecule is CS(=O)(=O)Nc1nccc(C#N)c1OC1CC1. The monoisotopic (exact) mass is 253 g/mol. The van der Waals surface area contributed by atoms with Crippen molar-refractivity contribution in [3.8, 4) is 11.8 Å². The molecule has 1 aliphatic carbocycles. The second-order valence-electron chi connectivity index (χ2n) is 3.84. The van der Waals surface area contributed by atoms with E-state index in [0.717, 1.165) is 19.1 Å². The van der Waals surface area contributed by atoms with Crippen molar-refractivity contribution in [1.82, 2.24) is 4.98 Å². The fourth-order valence-electron chi connectivity index (χ4n) is 1.26. The first-order chi connectivity index (χ1) is 7.99. The second kappa shape index (κ2) is 4.22. The Labute approximate surface area is 99.3 Å². The van der Waals surface area contributed by atoms with E-state index in [1.54, 1.807) is 0 Å². The number of hydrogen-bond donors (Lipinski definition) is 1. The number of aromatic nitrogens is 1. The molecule has 1 fully saturated rings. The predicted octanol–water partition coefficient (Wildman–Crippen LogP) is 0.866. The molecule has 1 aromatic heterocycles. The molecule has 0 spiro atoms. The molecule has 6 nitrogen and oxygen atoms in total. The van der Waals surface area contributed by atoms with Crippen LogP contribution in [0.25, 0.3) is 0 Å². The summed E-state index contributed by atoms with van der Waals surface area (Å²) in [6, 6.07) is 3.45. The average molecular weight is 253 g/mol. The van der Waals surface area contributed by atoms with Crippen molar-refractivity contribution in [1.29, 1.82) is 5.26 Å². The van der Waals surface area contributed by atoms with Crippen LogP contribution >= 0.6 is 0 Å². The number of ether oxygens (including phenoxy) is 1. The van der Waals surface area contributed by atoms with Crippen LogP contribution < -0.4 is 9.46 Å². The number of pyridine rings is 1. The molecule has 0 unspecified atom stereocenters. The topological polar surface area (TPSA) is 92.1 Å². The third kappa shape index (κ3) is 3.07. The van der Waals surface area contributed by atoms with Crippen LogP contribution in [0.3, 0.4) is 0 Å². The molecule has 0 aromatic carbocycles. The molecule has 17 heavy (non-hydrogen) atoms. The third-order valence-electron chi connectivity index (χ3n) is 2.12. The number of nitrogens with one attached hydrogen (secondary N) is 1. The van der Waals surface area contributed by atoms with Crippen molar-refractivity contribution in [2.24, 2.45) is 0 Å². The Balaban J connectivity index is 2.38. The van der Waals surface area contributed by atoms with Gasteiger partial charge in [-0.3, -0.25) is 4.72 Å². The molecule has 0 saturated heterocycles. The number of hydrogen-bond acceptors (Lipinski definition) is 5. The lowest BCUT2D eigenvalue weighted by atomic mass is 10.2. The predicted molar refractivity (Wildman–Crippen MR) is 61.1 cm³/mol. The van der Waals surface area contributed by atoms with E-state index in [2.05, 4.69) is 9.71 Å². The van der Waals surface area contributed by atoms with E-state index in [9.17, 15) is 8.42 Å². The summed E-state index contributed by atoms with van der Waals surface area (Å²) in [5.41, 5.74) is 0.276. The van der Waals surface area contributed by atoms with Crippen molar-refractivity contribution in [2.75, 3.05) is 11.0 Å². The van der Waals surface area contributed by atoms with Gasteiger partial charge in [-0.15, -0.1) is 0 Å². The van der Waals surface area contributed by atoms with E-state index in [-0.39, 0.29) is 23.2 Å². The van der Waals surface area contributed by atoms with Gasteiger partial charge >= 0.3 is 0 Å². The first-order valence-corrected chi connectivity index (χ1v) is 6.92. The molecule has 1 aromatic rings. The lowest BCUT2D eigenvalue weighted by molar-refractivity contribution is 0.303. The number of rotatable bonds is 4.